The van der Waals surface area contributed by atoms with Crippen molar-refractivity contribution < 1.29 is 29.3 Å². The van der Waals surface area contributed by atoms with E-state index in [0.29, 0.717) is 6.42 Å². The zero-order chi connectivity index (χ0) is 18.1. The summed E-state index contributed by atoms with van der Waals surface area (Å²) < 4.78 is 10.7. The molecule has 2 aliphatic rings. The third-order valence-electron chi connectivity index (χ3n) is 4.40. The second-order valence-corrected chi connectivity index (χ2v) is 6.87. The average Bonchev–Trinajstić information content (AvgIpc) is 2.68. The van der Waals surface area contributed by atoms with Crippen LogP contribution in [0.3, 0.4) is 0 Å². The fourth-order valence-corrected chi connectivity index (χ4v) is 3.70. The van der Waals surface area contributed by atoms with E-state index in [-0.39, 0.29) is 12.3 Å². The van der Waals surface area contributed by atoms with Crippen molar-refractivity contribution >= 4 is 23.5 Å². The highest BCUT2D eigenvalue weighted by Crippen LogP contribution is 2.40. The molecule has 1 fully saturated rings. The predicted molar refractivity (Wildman–Crippen MR) is 87.3 cm³/mol. The molecule has 0 aromatic heterocycles. The standard InChI is InChI=1S/C17H23ClO6/c1-9-4-12(20)5-10(2)7-14-15(13(6-9)23-11(3)19)17(22,8-18)16(21)24-14/h4,7,12-15,20,22H,5-6,8H2,1-3H3/b9-4-,10-7+/t12-,13-,14-,15-,17+/m1/s1. The van der Waals surface area contributed by atoms with Gasteiger partial charge < -0.3 is 19.7 Å². The van der Waals surface area contributed by atoms with Crippen molar-refractivity contribution in [2.45, 2.75) is 57.5 Å². The summed E-state index contributed by atoms with van der Waals surface area (Å²) in [4.78, 5) is 23.7. The number of halogens is 1. The first-order valence-corrected chi connectivity index (χ1v) is 8.40. The van der Waals surface area contributed by atoms with Gasteiger partial charge in [-0.2, -0.15) is 0 Å². The molecule has 0 radical (unpaired) electrons. The van der Waals surface area contributed by atoms with Gasteiger partial charge in [-0.3, -0.25) is 4.79 Å². The van der Waals surface area contributed by atoms with Crippen LogP contribution in [0, 0.1) is 5.92 Å². The van der Waals surface area contributed by atoms with E-state index in [4.69, 9.17) is 21.1 Å². The van der Waals surface area contributed by atoms with E-state index >= 15 is 0 Å². The molecular weight excluding hydrogens is 336 g/mol. The molecule has 0 spiro atoms. The summed E-state index contributed by atoms with van der Waals surface area (Å²) in [6.07, 6.45) is 1.76. The highest BCUT2D eigenvalue weighted by atomic mass is 35.5. The Labute approximate surface area is 146 Å². The number of aliphatic hydroxyl groups is 2. The summed E-state index contributed by atoms with van der Waals surface area (Å²) in [6.45, 7) is 4.87. The van der Waals surface area contributed by atoms with Crippen LogP contribution < -0.4 is 0 Å². The van der Waals surface area contributed by atoms with Crippen molar-refractivity contribution in [3.8, 4) is 0 Å². The van der Waals surface area contributed by atoms with Crippen LogP contribution in [0.5, 0.6) is 0 Å². The fourth-order valence-electron chi connectivity index (χ4n) is 3.41. The molecule has 24 heavy (non-hydrogen) atoms. The fraction of sp³-hybridized carbons (Fsp3) is 0.647. The molecule has 5 atom stereocenters. The molecule has 1 aliphatic heterocycles. The molecule has 134 valence electrons. The number of hydrogen-bond acceptors (Lipinski definition) is 6. The summed E-state index contributed by atoms with van der Waals surface area (Å²) in [7, 11) is 0. The summed E-state index contributed by atoms with van der Waals surface area (Å²) in [5.74, 6) is -2.53. The quantitative estimate of drug-likeness (QED) is 0.441. The van der Waals surface area contributed by atoms with Crippen molar-refractivity contribution in [2.24, 2.45) is 5.92 Å². The smallest absolute Gasteiger partial charge is 0.340 e. The number of esters is 2. The first-order valence-electron chi connectivity index (χ1n) is 7.86. The SMILES string of the molecule is CC(=O)O[C@@H]1C/C(C)=C\[C@@H](O)C/C(C)=C/[C@H]2OC(=O)[C@](O)(CCl)[C@@H]21. The normalized spacial score (nSPS) is 41.3. The van der Waals surface area contributed by atoms with Gasteiger partial charge in [-0.1, -0.05) is 17.2 Å². The van der Waals surface area contributed by atoms with E-state index in [2.05, 4.69) is 0 Å². The van der Waals surface area contributed by atoms with E-state index in [1.807, 2.05) is 0 Å². The van der Waals surface area contributed by atoms with Crippen LogP contribution in [0.1, 0.15) is 33.6 Å². The maximum absolute atomic E-state index is 12.2. The largest absolute Gasteiger partial charge is 0.462 e. The average molecular weight is 359 g/mol. The third kappa shape index (κ3) is 3.82. The Morgan fingerprint density at radius 2 is 2.00 bits per heavy atom. The molecule has 1 heterocycles. The number of fused-ring (bicyclic) bond motifs is 1. The van der Waals surface area contributed by atoms with E-state index in [0.717, 1.165) is 11.1 Å². The Balaban J connectivity index is 2.51. The lowest BCUT2D eigenvalue weighted by Crippen LogP contribution is -2.50. The molecule has 0 saturated carbocycles. The summed E-state index contributed by atoms with van der Waals surface area (Å²) >= 11 is 5.86. The lowest BCUT2D eigenvalue weighted by Gasteiger charge is -2.33. The topological polar surface area (TPSA) is 93.1 Å². The van der Waals surface area contributed by atoms with Gasteiger partial charge in [0, 0.05) is 13.3 Å². The van der Waals surface area contributed by atoms with Crippen LogP contribution in [-0.2, 0) is 19.1 Å². The van der Waals surface area contributed by atoms with E-state index in [1.54, 1.807) is 26.0 Å². The second kappa shape index (κ2) is 7.25. The molecular formula is C17H23ClO6. The number of rotatable bonds is 2. The molecule has 7 heteroatoms. The van der Waals surface area contributed by atoms with Crippen molar-refractivity contribution in [1.82, 2.24) is 0 Å². The summed E-state index contributed by atoms with van der Waals surface area (Å²) in [5.41, 5.74) is -0.337. The van der Waals surface area contributed by atoms with E-state index in [1.165, 1.54) is 6.92 Å². The second-order valence-electron chi connectivity index (χ2n) is 6.60. The number of ether oxygens (including phenoxy) is 2. The van der Waals surface area contributed by atoms with Crippen LogP contribution in [0.15, 0.2) is 23.3 Å². The summed E-state index contributed by atoms with van der Waals surface area (Å²) in [6, 6.07) is 0. The monoisotopic (exact) mass is 358 g/mol. The molecule has 0 bridgehead atoms. The van der Waals surface area contributed by atoms with Crippen molar-refractivity contribution in [2.75, 3.05) is 5.88 Å². The number of alkyl halides is 1. The first-order chi connectivity index (χ1) is 11.2. The predicted octanol–water partition coefficient (Wildman–Crippen LogP) is 1.48. The van der Waals surface area contributed by atoms with Crippen LogP contribution in [0.25, 0.3) is 0 Å². The lowest BCUT2D eigenvalue weighted by molar-refractivity contribution is -0.159. The number of aliphatic hydroxyl groups excluding tert-OH is 1. The van der Waals surface area contributed by atoms with Crippen molar-refractivity contribution in [1.29, 1.82) is 0 Å². The molecule has 0 aromatic carbocycles. The van der Waals surface area contributed by atoms with Crippen molar-refractivity contribution in [3.05, 3.63) is 23.3 Å². The van der Waals surface area contributed by atoms with Gasteiger partial charge >= 0.3 is 11.9 Å². The van der Waals surface area contributed by atoms with Gasteiger partial charge in [0.05, 0.1) is 17.9 Å². The number of carbonyl (C=O) groups is 2. The lowest BCUT2D eigenvalue weighted by atomic mass is 9.79. The van der Waals surface area contributed by atoms with Crippen LogP contribution in [-0.4, -0.2) is 51.9 Å². The van der Waals surface area contributed by atoms with Gasteiger partial charge in [-0.05, 0) is 26.3 Å². The minimum atomic E-state index is -1.93. The highest BCUT2D eigenvalue weighted by molar-refractivity contribution is 6.20. The Hall–Kier alpha value is -1.37. The Bertz CT molecular complexity index is 584. The van der Waals surface area contributed by atoms with Gasteiger partial charge in [0.15, 0.2) is 5.60 Å². The number of hydrogen-bond donors (Lipinski definition) is 2. The van der Waals surface area contributed by atoms with E-state index < -0.39 is 41.8 Å². The van der Waals surface area contributed by atoms with Gasteiger partial charge in [0.25, 0.3) is 0 Å². The molecule has 1 saturated heterocycles. The molecule has 0 unspecified atom stereocenters. The Morgan fingerprint density at radius 1 is 1.38 bits per heavy atom. The van der Waals surface area contributed by atoms with Crippen LogP contribution >= 0.6 is 11.6 Å². The van der Waals surface area contributed by atoms with Crippen molar-refractivity contribution in [3.63, 3.8) is 0 Å². The van der Waals surface area contributed by atoms with Gasteiger partial charge in [-0.25, -0.2) is 4.79 Å². The molecule has 1 aliphatic carbocycles. The minimum absolute atomic E-state index is 0.264. The maximum atomic E-state index is 12.2. The molecule has 0 aromatic rings. The van der Waals surface area contributed by atoms with Crippen LogP contribution in [0.4, 0.5) is 0 Å². The molecule has 0 amide bonds. The number of carbonyl (C=O) groups excluding carboxylic acids is 2. The zero-order valence-electron chi connectivity index (χ0n) is 14.0. The molecule has 6 nitrogen and oxygen atoms in total. The first kappa shape index (κ1) is 19.0. The van der Waals surface area contributed by atoms with Gasteiger partial charge in [-0.15, -0.1) is 11.6 Å². The highest BCUT2D eigenvalue weighted by Gasteiger charge is 2.59. The molecule has 2 N–H and O–H groups in total. The summed E-state index contributed by atoms with van der Waals surface area (Å²) in [5, 5.41) is 20.8. The zero-order valence-corrected chi connectivity index (χ0v) is 14.7. The maximum Gasteiger partial charge on any atom is 0.340 e. The van der Waals surface area contributed by atoms with Gasteiger partial charge in [0.1, 0.15) is 12.2 Å². The van der Waals surface area contributed by atoms with E-state index in [9.17, 15) is 19.8 Å². The van der Waals surface area contributed by atoms with Gasteiger partial charge in [0.2, 0.25) is 0 Å². The Kier molecular flexibility index (Phi) is 5.73. The minimum Gasteiger partial charge on any atom is -0.462 e. The third-order valence-corrected chi connectivity index (χ3v) is 4.81. The molecule has 2 rings (SSSR count). The Morgan fingerprint density at radius 3 is 2.58 bits per heavy atom. The van der Waals surface area contributed by atoms with Crippen LogP contribution in [0.2, 0.25) is 0 Å².